The molecule has 3 aromatic carbocycles. The number of hydrogen-bond acceptors (Lipinski definition) is 4. The molecule has 1 amide bonds. The molecule has 0 heterocycles. The van der Waals surface area contributed by atoms with Crippen LogP contribution in [0.5, 0.6) is 0 Å². The van der Waals surface area contributed by atoms with E-state index >= 15 is 4.39 Å². The zero-order valence-electron chi connectivity index (χ0n) is 22.5. The van der Waals surface area contributed by atoms with E-state index in [-0.39, 0.29) is 37.4 Å². The van der Waals surface area contributed by atoms with E-state index in [1.807, 2.05) is 0 Å². The van der Waals surface area contributed by atoms with Crippen LogP contribution in [0.2, 0.25) is 15.1 Å². The summed E-state index contributed by atoms with van der Waals surface area (Å²) in [6, 6.07) is 9.78. The minimum absolute atomic E-state index is 0.00326. The number of alkyl halides is 2. The fourth-order valence-electron chi connectivity index (χ4n) is 4.59. The average Bonchev–Trinajstić information content (AvgIpc) is 3.45. The van der Waals surface area contributed by atoms with Gasteiger partial charge in [0, 0.05) is 33.3 Å². The Labute approximate surface area is 254 Å². The highest BCUT2D eigenvalue weighted by molar-refractivity contribution is 6.35. The van der Waals surface area contributed by atoms with Crippen molar-refractivity contribution in [3.8, 4) is 0 Å². The monoisotopic (exact) mass is 643 g/mol. The van der Waals surface area contributed by atoms with E-state index in [9.17, 15) is 27.6 Å². The molecule has 0 bridgehead atoms. The Balaban J connectivity index is 1.50. The number of benzene rings is 3. The van der Waals surface area contributed by atoms with E-state index in [0.717, 1.165) is 12.1 Å². The van der Waals surface area contributed by atoms with E-state index in [0.29, 0.717) is 0 Å². The van der Waals surface area contributed by atoms with E-state index < -0.39 is 71.1 Å². The minimum Gasteiger partial charge on any atom is -0.460 e. The number of Topliss-reactive ketones (excluding diaryl/α,β-unsaturated/α-hetero) is 1. The number of nitrogens with one attached hydrogen (secondary N) is 1. The normalized spacial score (nSPS) is 17.5. The molecule has 1 fully saturated rings. The summed E-state index contributed by atoms with van der Waals surface area (Å²) in [5.74, 6) is -11.1. The summed E-state index contributed by atoms with van der Waals surface area (Å²) in [6.45, 7) is 4.82. The van der Waals surface area contributed by atoms with Gasteiger partial charge < -0.3 is 10.1 Å². The maximum Gasteiger partial charge on any atom is 0.310 e. The molecule has 1 aliphatic rings. The molecule has 0 spiro atoms. The van der Waals surface area contributed by atoms with Gasteiger partial charge in [-0.05, 0) is 74.4 Å². The van der Waals surface area contributed by atoms with Crippen LogP contribution in [0.1, 0.15) is 53.7 Å². The van der Waals surface area contributed by atoms with Crippen molar-refractivity contribution in [2.45, 2.75) is 51.1 Å². The smallest absolute Gasteiger partial charge is 0.310 e. The van der Waals surface area contributed by atoms with Gasteiger partial charge in [-0.1, -0.05) is 40.9 Å². The maximum atomic E-state index is 15.2. The van der Waals surface area contributed by atoms with Crippen LogP contribution in [0.3, 0.4) is 0 Å². The highest BCUT2D eigenvalue weighted by Gasteiger charge is 2.72. The Morgan fingerprint density at radius 2 is 1.57 bits per heavy atom. The lowest BCUT2D eigenvalue weighted by Gasteiger charge is -2.20. The summed E-state index contributed by atoms with van der Waals surface area (Å²) in [7, 11) is 0. The van der Waals surface area contributed by atoms with Gasteiger partial charge in [0.15, 0.2) is 5.78 Å². The number of ketones is 1. The van der Waals surface area contributed by atoms with E-state index in [2.05, 4.69) is 5.32 Å². The molecule has 2 unspecified atom stereocenters. The third-order valence-electron chi connectivity index (χ3n) is 6.47. The third kappa shape index (κ3) is 7.07. The van der Waals surface area contributed by atoms with Crippen molar-refractivity contribution in [1.82, 2.24) is 0 Å². The van der Waals surface area contributed by atoms with Crippen LogP contribution < -0.4 is 5.32 Å². The summed E-state index contributed by atoms with van der Waals surface area (Å²) < 4.78 is 63.9. The first-order chi connectivity index (χ1) is 19.5. The van der Waals surface area contributed by atoms with Crippen molar-refractivity contribution in [2.75, 3.05) is 5.32 Å². The SMILES string of the molecule is CC(C)(C)OC(=O)Cc1c(F)ccc(CC(=O)c2cc(NC(=O)C3C(c4cc(Cl)cc(Cl)c4)C3(F)F)ccc2Cl)c1F. The van der Waals surface area contributed by atoms with Crippen molar-refractivity contribution >= 4 is 58.1 Å². The molecule has 1 N–H and O–H groups in total. The molecule has 3 aromatic rings. The molecule has 42 heavy (non-hydrogen) atoms. The Morgan fingerprint density at radius 3 is 2.19 bits per heavy atom. The van der Waals surface area contributed by atoms with Gasteiger partial charge in [0.2, 0.25) is 5.91 Å². The number of halogens is 7. The number of ether oxygens (including phenoxy) is 1. The van der Waals surface area contributed by atoms with E-state index in [1.54, 1.807) is 20.8 Å². The minimum atomic E-state index is -3.36. The van der Waals surface area contributed by atoms with Crippen molar-refractivity contribution in [3.63, 3.8) is 0 Å². The van der Waals surface area contributed by atoms with Crippen molar-refractivity contribution in [3.05, 3.63) is 97.5 Å². The number of anilines is 1. The fourth-order valence-corrected chi connectivity index (χ4v) is 5.36. The van der Waals surface area contributed by atoms with Crippen LogP contribution >= 0.6 is 34.8 Å². The summed E-state index contributed by atoms with van der Waals surface area (Å²) in [5.41, 5.74) is -1.64. The molecule has 0 saturated heterocycles. The standard InChI is InChI=1S/C30H24Cl3F4NO4/c1-29(2,3)42-24(40)13-20-22(34)7-4-14(27(20)35)10-23(39)19-12-18(5-6-21(19)33)38-28(41)26-25(30(26,36)37)15-8-16(31)11-17(32)9-15/h4-9,11-12,25-26H,10,13H2,1-3H3,(H,38,41). The highest BCUT2D eigenvalue weighted by atomic mass is 35.5. The van der Waals surface area contributed by atoms with Crippen molar-refractivity contribution < 1.29 is 36.7 Å². The second-order valence-corrected chi connectivity index (χ2v) is 12.2. The lowest BCUT2D eigenvalue weighted by atomic mass is 9.98. The Bertz CT molecular complexity index is 1570. The van der Waals surface area contributed by atoms with Crippen LogP contribution in [0, 0.1) is 17.6 Å². The van der Waals surface area contributed by atoms with Crippen LogP contribution in [0.15, 0.2) is 48.5 Å². The molecule has 5 nitrogen and oxygen atoms in total. The number of hydrogen-bond donors (Lipinski definition) is 1. The van der Waals surface area contributed by atoms with Gasteiger partial charge in [0.1, 0.15) is 23.2 Å². The molecule has 222 valence electrons. The fraction of sp³-hybridized carbons (Fsp3) is 0.300. The number of amides is 1. The molecule has 2 atom stereocenters. The van der Waals surface area contributed by atoms with E-state index in [1.165, 1.54) is 36.4 Å². The van der Waals surface area contributed by atoms with Crippen molar-refractivity contribution in [2.24, 2.45) is 5.92 Å². The Kier molecular flexibility index (Phi) is 8.98. The van der Waals surface area contributed by atoms with Crippen LogP contribution in [-0.4, -0.2) is 29.2 Å². The van der Waals surface area contributed by atoms with Crippen molar-refractivity contribution in [1.29, 1.82) is 0 Å². The van der Waals surface area contributed by atoms with Gasteiger partial charge >= 0.3 is 5.97 Å². The molecule has 0 radical (unpaired) electrons. The quantitative estimate of drug-likeness (QED) is 0.152. The first-order valence-electron chi connectivity index (χ1n) is 12.6. The summed E-state index contributed by atoms with van der Waals surface area (Å²) in [4.78, 5) is 38.0. The molecule has 4 rings (SSSR count). The zero-order chi connectivity index (χ0) is 31.1. The Hall–Kier alpha value is -3.14. The van der Waals surface area contributed by atoms with Gasteiger partial charge in [-0.15, -0.1) is 0 Å². The molecular weight excluding hydrogens is 621 g/mol. The van der Waals surface area contributed by atoms with Gasteiger partial charge in [-0.25, -0.2) is 17.6 Å². The second kappa shape index (κ2) is 11.9. The molecule has 12 heteroatoms. The van der Waals surface area contributed by atoms with Gasteiger partial charge in [0.05, 0.1) is 17.4 Å². The predicted octanol–water partition coefficient (Wildman–Crippen LogP) is 8.22. The average molecular weight is 645 g/mol. The highest BCUT2D eigenvalue weighted by Crippen LogP contribution is 2.62. The number of esters is 1. The first-order valence-corrected chi connectivity index (χ1v) is 13.8. The largest absolute Gasteiger partial charge is 0.460 e. The molecule has 0 aromatic heterocycles. The van der Waals surface area contributed by atoms with E-state index in [4.69, 9.17) is 39.5 Å². The summed E-state index contributed by atoms with van der Waals surface area (Å²) in [5, 5.41) is 2.62. The molecular formula is C30H24Cl3F4NO4. The summed E-state index contributed by atoms with van der Waals surface area (Å²) in [6.07, 6.45) is -1.25. The lowest BCUT2D eigenvalue weighted by molar-refractivity contribution is -0.154. The maximum absolute atomic E-state index is 15.2. The predicted molar refractivity (Wildman–Crippen MR) is 152 cm³/mol. The van der Waals surface area contributed by atoms with Crippen LogP contribution in [0.4, 0.5) is 23.2 Å². The van der Waals surface area contributed by atoms with Gasteiger partial charge in [-0.2, -0.15) is 0 Å². The number of rotatable bonds is 8. The number of carbonyl (C=O) groups is 3. The summed E-state index contributed by atoms with van der Waals surface area (Å²) >= 11 is 18.0. The zero-order valence-corrected chi connectivity index (χ0v) is 24.7. The van der Waals surface area contributed by atoms with Gasteiger partial charge in [0.25, 0.3) is 5.92 Å². The van der Waals surface area contributed by atoms with Crippen LogP contribution in [0.25, 0.3) is 0 Å². The third-order valence-corrected chi connectivity index (χ3v) is 7.24. The topological polar surface area (TPSA) is 72.5 Å². The molecule has 1 saturated carbocycles. The first kappa shape index (κ1) is 31.8. The lowest BCUT2D eigenvalue weighted by Crippen LogP contribution is -2.25. The number of carbonyl (C=O) groups excluding carboxylic acids is 3. The molecule has 1 aliphatic carbocycles. The van der Waals surface area contributed by atoms with Crippen LogP contribution in [-0.2, 0) is 27.2 Å². The molecule has 0 aliphatic heterocycles. The Morgan fingerprint density at radius 1 is 0.929 bits per heavy atom. The second-order valence-electron chi connectivity index (χ2n) is 10.9. The van der Waals surface area contributed by atoms with Gasteiger partial charge in [-0.3, -0.25) is 14.4 Å².